The van der Waals surface area contributed by atoms with Gasteiger partial charge in [0.25, 0.3) is 0 Å². The van der Waals surface area contributed by atoms with Crippen molar-refractivity contribution in [2.45, 2.75) is 46.5 Å². The third-order valence-electron chi connectivity index (χ3n) is 3.45. The Morgan fingerprint density at radius 2 is 2.29 bits per heavy atom. The van der Waals surface area contributed by atoms with E-state index in [1.165, 1.54) is 26.0 Å². The summed E-state index contributed by atoms with van der Waals surface area (Å²) in [5.74, 6) is 0.359. The van der Waals surface area contributed by atoms with Crippen molar-refractivity contribution in [2.75, 3.05) is 7.11 Å². The Bertz CT molecular complexity index is 324. The third kappa shape index (κ3) is 4.76. The van der Waals surface area contributed by atoms with E-state index in [1.54, 1.807) is 5.57 Å². The van der Waals surface area contributed by atoms with Crippen LogP contribution in [0.15, 0.2) is 23.8 Å². The lowest BCUT2D eigenvalue weighted by molar-refractivity contribution is -0.134. The number of carbonyl (C=O) groups is 1. The Hall–Kier alpha value is -1.05. The van der Waals surface area contributed by atoms with Crippen molar-refractivity contribution in [2.24, 2.45) is 11.3 Å². The molecule has 0 aromatic heterocycles. The van der Waals surface area contributed by atoms with Crippen molar-refractivity contribution in [1.29, 1.82) is 0 Å². The zero-order chi connectivity index (χ0) is 12.9. The highest BCUT2D eigenvalue weighted by molar-refractivity contribution is 5.81. The Morgan fingerprint density at radius 3 is 2.82 bits per heavy atom. The standard InChI is InChI=1S/C15H24O2/c1-12(7-5-6-8-14(16)17-4)13-9-10-15(2,3)11-13/h6,8-9,12H,5,7,10-11H2,1-4H3/b8-6+. The molecular weight excluding hydrogens is 212 g/mol. The fourth-order valence-electron chi connectivity index (χ4n) is 2.26. The van der Waals surface area contributed by atoms with Gasteiger partial charge in [0, 0.05) is 6.08 Å². The van der Waals surface area contributed by atoms with Crippen LogP contribution in [0.25, 0.3) is 0 Å². The molecule has 1 atom stereocenters. The molecule has 1 rings (SSSR count). The predicted molar refractivity (Wildman–Crippen MR) is 70.7 cm³/mol. The van der Waals surface area contributed by atoms with Crippen molar-refractivity contribution in [1.82, 2.24) is 0 Å². The molecule has 17 heavy (non-hydrogen) atoms. The van der Waals surface area contributed by atoms with Crippen LogP contribution in [0.2, 0.25) is 0 Å². The van der Waals surface area contributed by atoms with Crippen molar-refractivity contribution in [3.8, 4) is 0 Å². The molecule has 0 amide bonds. The second-order valence-electron chi connectivity index (χ2n) is 5.73. The number of carbonyl (C=O) groups excluding carboxylic acids is 1. The molecule has 0 fully saturated rings. The van der Waals surface area contributed by atoms with E-state index < -0.39 is 0 Å². The van der Waals surface area contributed by atoms with E-state index in [4.69, 9.17) is 0 Å². The smallest absolute Gasteiger partial charge is 0.330 e. The van der Waals surface area contributed by atoms with Gasteiger partial charge in [-0.2, -0.15) is 0 Å². The monoisotopic (exact) mass is 236 g/mol. The maximum Gasteiger partial charge on any atom is 0.330 e. The van der Waals surface area contributed by atoms with Gasteiger partial charge in [-0.15, -0.1) is 0 Å². The highest BCUT2D eigenvalue weighted by Crippen LogP contribution is 2.40. The van der Waals surface area contributed by atoms with Crippen LogP contribution in [0.4, 0.5) is 0 Å². The predicted octanol–water partition coefficient (Wildman–Crippen LogP) is 3.88. The minimum Gasteiger partial charge on any atom is -0.466 e. The van der Waals surface area contributed by atoms with E-state index in [2.05, 4.69) is 31.6 Å². The molecule has 0 aromatic carbocycles. The van der Waals surface area contributed by atoms with Crippen molar-refractivity contribution in [3.63, 3.8) is 0 Å². The molecule has 2 nitrogen and oxygen atoms in total. The molecule has 0 saturated carbocycles. The molecule has 0 N–H and O–H groups in total. The van der Waals surface area contributed by atoms with E-state index in [9.17, 15) is 4.79 Å². The van der Waals surface area contributed by atoms with Crippen molar-refractivity contribution < 1.29 is 9.53 Å². The van der Waals surface area contributed by atoms with Gasteiger partial charge in [0.05, 0.1) is 7.11 Å². The molecule has 2 heteroatoms. The largest absolute Gasteiger partial charge is 0.466 e. The Balaban J connectivity index is 2.29. The van der Waals surface area contributed by atoms with Gasteiger partial charge in [0.2, 0.25) is 0 Å². The normalized spacial score (nSPS) is 20.4. The Labute approximate surface area is 105 Å². The van der Waals surface area contributed by atoms with Gasteiger partial charge >= 0.3 is 5.97 Å². The molecule has 0 aromatic rings. The first-order valence-electron chi connectivity index (χ1n) is 6.38. The summed E-state index contributed by atoms with van der Waals surface area (Å²) >= 11 is 0. The summed E-state index contributed by atoms with van der Waals surface area (Å²) in [4.78, 5) is 10.9. The lowest BCUT2D eigenvalue weighted by Gasteiger charge is -2.19. The lowest BCUT2D eigenvalue weighted by atomic mass is 9.86. The maximum atomic E-state index is 10.9. The minimum absolute atomic E-state index is 0.265. The number of ether oxygens (including phenoxy) is 1. The van der Waals surface area contributed by atoms with Gasteiger partial charge in [-0.1, -0.05) is 38.5 Å². The van der Waals surface area contributed by atoms with E-state index >= 15 is 0 Å². The summed E-state index contributed by atoms with van der Waals surface area (Å²) in [7, 11) is 1.40. The summed E-state index contributed by atoms with van der Waals surface area (Å²) in [5.41, 5.74) is 2.03. The van der Waals surface area contributed by atoms with Crippen LogP contribution in [0, 0.1) is 11.3 Å². The number of allylic oxidation sites excluding steroid dienone is 3. The summed E-state index contributed by atoms with van der Waals surface area (Å²) in [6.45, 7) is 6.92. The molecule has 0 spiro atoms. The van der Waals surface area contributed by atoms with Gasteiger partial charge < -0.3 is 4.74 Å². The fourth-order valence-corrected chi connectivity index (χ4v) is 2.26. The summed E-state index contributed by atoms with van der Waals surface area (Å²) in [6, 6.07) is 0. The molecule has 0 heterocycles. The van der Waals surface area contributed by atoms with Crippen LogP contribution >= 0.6 is 0 Å². The molecule has 96 valence electrons. The van der Waals surface area contributed by atoms with Crippen molar-refractivity contribution >= 4 is 5.97 Å². The first-order valence-corrected chi connectivity index (χ1v) is 6.38. The van der Waals surface area contributed by atoms with Gasteiger partial charge in [-0.05, 0) is 37.0 Å². The van der Waals surface area contributed by atoms with Gasteiger partial charge in [-0.3, -0.25) is 0 Å². The van der Waals surface area contributed by atoms with Crippen LogP contribution in [-0.2, 0) is 9.53 Å². The zero-order valence-corrected chi connectivity index (χ0v) is 11.5. The van der Waals surface area contributed by atoms with Crippen LogP contribution in [0.3, 0.4) is 0 Å². The molecule has 0 saturated heterocycles. The van der Waals surface area contributed by atoms with Crippen LogP contribution in [0.1, 0.15) is 46.5 Å². The number of hydrogen-bond donors (Lipinski definition) is 0. The summed E-state index contributed by atoms with van der Waals surface area (Å²) in [5, 5.41) is 0. The summed E-state index contributed by atoms with van der Waals surface area (Å²) < 4.78 is 4.55. The van der Waals surface area contributed by atoms with E-state index in [0.717, 1.165) is 12.8 Å². The van der Waals surface area contributed by atoms with Gasteiger partial charge in [0.1, 0.15) is 0 Å². The Kier molecular flexibility index (Phi) is 4.98. The topological polar surface area (TPSA) is 26.3 Å². The number of hydrogen-bond acceptors (Lipinski definition) is 2. The number of esters is 1. The van der Waals surface area contributed by atoms with E-state index in [1.807, 2.05) is 6.08 Å². The zero-order valence-electron chi connectivity index (χ0n) is 11.5. The molecule has 1 unspecified atom stereocenters. The second-order valence-corrected chi connectivity index (χ2v) is 5.73. The second kappa shape index (κ2) is 6.04. The highest BCUT2D eigenvalue weighted by atomic mass is 16.5. The fraction of sp³-hybridized carbons (Fsp3) is 0.667. The average molecular weight is 236 g/mol. The average Bonchev–Trinajstić information content (AvgIpc) is 2.64. The first kappa shape index (κ1) is 14.0. The SMILES string of the molecule is COC(=O)/C=C/CCC(C)C1=CCC(C)(C)C1. The summed E-state index contributed by atoms with van der Waals surface area (Å²) in [6.07, 6.45) is 10.3. The lowest BCUT2D eigenvalue weighted by Crippen LogP contribution is -2.07. The van der Waals surface area contributed by atoms with Gasteiger partial charge in [0.15, 0.2) is 0 Å². The highest BCUT2D eigenvalue weighted by Gasteiger charge is 2.26. The quantitative estimate of drug-likeness (QED) is 0.411. The van der Waals surface area contributed by atoms with Crippen LogP contribution in [-0.4, -0.2) is 13.1 Å². The molecule has 1 aliphatic rings. The molecular formula is C15H24O2. The molecule has 0 bridgehead atoms. The number of methoxy groups -OCH3 is 1. The molecule has 0 radical (unpaired) electrons. The Morgan fingerprint density at radius 1 is 1.59 bits per heavy atom. The first-order chi connectivity index (χ1) is 7.94. The molecule has 0 aliphatic heterocycles. The van der Waals surface area contributed by atoms with Crippen LogP contribution < -0.4 is 0 Å². The third-order valence-corrected chi connectivity index (χ3v) is 3.45. The van der Waals surface area contributed by atoms with E-state index in [0.29, 0.717) is 11.3 Å². The number of rotatable bonds is 5. The van der Waals surface area contributed by atoms with E-state index in [-0.39, 0.29) is 5.97 Å². The minimum atomic E-state index is -0.265. The van der Waals surface area contributed by atoms with Crippen LogP contribution in [0.5, 0.6) is 0 Å². The van der Waals surface area contributed by atoms with Crippen molar-refractivity contribution in [3.05, 3.63) is 23.8 Å². The maximum absolute atomic E-state index is 10.9. The van der Waals surface area contributed by atoms with Gasteiger partial charge in [-0.25, -0.2) is 4.79 Å². The molecule has 1 aliphatic carbocycles.